The number of carbonyl (C=O) groups is 2. The molecule has 130 valence electrons. The van der Waals surface area contributed by atoms with Gasteiger partial charge in [-0.15, -0.1) is 0 Å². The minimum atomic E-state index is -0.304. The number of nitrogens with zero attached hydrogens (tertiary/aromatic N) is 1. The summed E-state index contributed by atoms with van der Waals surface area (Å²) in [5.41, 5.74) is 0.832. The van der Waals surface area contributed by atoms with E-state index in [0.717, 1.165) is 37.8 Å². The summed E-state index contributed by atoms with van der Waals surface area (Å²) in [4.78, 5) is 27.0. The van der Waals surface area contributed by atoms with Gasteiger partial charge < -0.3 is 9.64 Å². The minimum Gasteiger partial charge on any atom is -0.463 e. The maximum absolute atomic E-state index is 13.1. The molecule has 3 rings (SSSR count). The van der Waals surface area contributed by atoms with Crippen molar-refractivity contribution in [2.45, 2.75) is 57.5 Å². The number of rotatable bonds is 5. The number of likely N-dealkylation sites (tertiary alicyclic amines) is 1. The third-order valence-electron chi connectivity index (χ3n) is 5.11. The van der Waals surface area contributed by atoms with E-state index in [2.05, 4.69) is 12.1 Å². The number of hydrogen-bond acceptors (Lipinski definition) is 3. The van der Waals surface area contributed by atoms with Gasteiger partial charge in [-0.25, -0.2) is 0 Å². The predicted molar refractivity (Wildman–Crippen MR) is 92.5 cm³/mol. The summed E-state index contributed by atoms with van der Waals surface area (Å²) in [6.07, 6.45) is 4.18. The van der Waals surface area contributed by atoms with E-state index in [9.17, 15) is 9.59 Å². The molecule has 2 aliphatic rings. The summed E-state index contributed by atoms with van der Waals surface area (Å²) in [6, 6.07) is 10.1. The number of esters is 1. The maximum Gasteiger partial charge on any atom is 0.306 e. The lowest BCUT2D eigenvalue weighted by atomic mass is 9.90. The lowest BCUT2D eigenvalue weighted by Crippen LogP contribution is -2.45. The van der Waals surface area contributed by atoms with E-state index in [1.54, 1.807) is 0 Å². The van der Waals surface area contributed by atoms with Gasteiger partial charge in [-0.05, 0) is 51.0 Å². The molecule has 24 heavy (non-hydrogen) atoms. The highest BCUT2D eigenvalue weighted by Crippen LogP contribution is 2.50. The molecule has 1 aromatic rings. The summed E-state index contributed by atoms with van der Waals surface area (Å²) in [5, 5.41) is 0. The first-order valence-corrected chi connectivity index (χ1v) is 9.05. The molecule has 0 N–H and O–H groups in total. The fourth-order valence-corrected chi connectivity index (χ4v) is 3.77. The standard InChI is InChI=1S/C20H27NO3/c1-15(2)24-18(22)13-16-7-6-12-21(14-16)19(23)20(10-11-20)17-8-4-3-5-9-17/h3-5,8-9,15-16H,6-7,10-14H2,1-2H3/t16-/m1/s1. The van der Waals surface area contributed by atoms with Crippen molar-refractivity contribution in [1.29, 1.82) is 0 Å². The monoisotopic (exact) mass is 329 g/mol. The third kappa shape index (κ3) is 3.63. The van der Waals surface area contributed by atoms with E-state index in [1.807, 2.05) is 36.9 Å². The first kappa shape index (κ1) is 17.0. The summed E-state index contributed by atoms with van der Waals surface area (Å²) in [6.45, 7) is 5.22. The van der Waals surface area contributed by atoms with Crippen LogP contribution in [0.2, 0.25) is 0 Å². The number of amides is 1. The summed E-state index contributed by atoms with van der Waals surface area (Å²) < 4.78 is 5.26. The van der Waals surface area contributed by atoms with Gasteiger partial charge in [-0.1, -0.05) is 30.3 Å². The van der Waals surface area contributed by atoms with Gasteiger partial charge >= 0.3 is 5.97 Å². The van der Waals surface area contributed by atoms with E-state index in [4.69, 9.17) is 4.74 Å². The molecule has 1 heterocycles. The second-order valence-corrected chi connectivity index (χ2v) is 7.45. The normalized spacial score (nSPS) is 22.3. The van der Waals surface area contributed by atoms with Gasteiger partial charge in [0.1, 0.15) is 0 Å². The molecule has 0 bridgehead atoms. The van der Waals surface area contributed by atoms with Crippen molar-refractivity contribution in [3.8, 4) is 0 Å². The van der Waals surface area contributed by atoms with Crippen molar-refractivity contribution in [2.24, 2.45) is 5.92 Å². The highest BCUT2D eigenvalue weighted by molar-refractivity contribution is 5.91. The third-order valence-corrected chi connectivity index (χ3v) is 5.11. The Labute approximate surface area is 144 Å². The Kier molecular flexibility index (Phi) is 4.93. The first-order chi connectivity index (χ1) is 11.5. The molecule has 1 aromatic carbocycles. The Bertz CT molecular complexity index is 592. The zero-order valence-electron chi connectivity index (χ0n) is 14.7. The van der Waals surface area contributed by atoms with Gasteiger partial charge in [0.15, 0.2) is 0 Å². The molecule has 4 nitrogen and oxygen atoms in total. The molecule has 2 fully saturated rings. The van der Waals surface area contributed by atoms with Crippen LogP contribution in [0, 0.1) is 5.92 Å². The van der Waals surface area contributed by atoms with Crippen molar-refractivity contribution in [3.05, 3.63) is 35.9 Å². The zero-order chi connectivity index (χ0) is 17.2. The van der Waals surface area contributed by atoms with Crippen LogP contribution in [0.1, 0.15) is 51.5 Å². The average Bonchev–Trinajstić information content (AvgIpc) is 3.36. The number of carbonyl (C=O) groups excluding carboxylic acids is 2. The van der Waals surface area contributed by atoms with Gasteiger partial charge in [-0.3, -0.25) is 9.59 Å². The molecule has 1 aliphatic carbocycles. The fourth-order valence-electron chi connectivity index (χ4n) is 3.77. The molecule has 0 spiro atoms. The molecule has 1 saturated carbocycles. The number of piperidine rings is 1. The summed E-state index contributed by atoms with van der Waals surface area (Å²) in [7, 11) is 0. The van der Waals surface area contributed by atoms with Crippen LogP contribution in [0.15, 0.2) is 30.3 Å². The van der Waals surface area contributed by atoms with Gasteiger partial charge in [0.2, 0.25) is 5.91 Å². The highest BCUT2D eigenvalue weighted by atomic mass is 16.5. The number of benzene rings is 1. The molecule has 1 atom stereocenters. The van der Waals surface area contributed by atoms with Gasteiger partial charge in [0, 0.05) is 13.1 Å². The van der Waals surface area contributed by atoms with Crippen LogP contribution in [0.3, 0.4) is 0 Å². The Hall–Kier alpha value is -1.84. The Morgan fingerprint density at radius 2 is 1.96 bits per heavy atom. The van der Waals surface area contributed by atoms with Crippen LogP contribution in [-0.4, -0.2) is 36.0 Å². The van der Waals surface area contributed by atoms with Gasteiger partial charge in [0.25, 0.3) is 0 Å². The second kappa shape index (κ2) is 6.96. The van der Waals surface area contributed by atoms with Crippen LogP contribution in [-0.2, 0) is 19.7 Å². The smallest absolute Gasteiger partial charge is 0.306 e. The highest BCUT2D eigenvalue weighted by Gasteiger charge is 2.53. The number of hydrogen-bond donors (Lipinski definition) is 0. The van der Waals surface area contributed by atoms with E-state index in [0.29, 0.717) is 13.0 Å². The second-order valence-electron chi connectivity index (χ2n) is 7.45. The fraction of sp³-hybridized carbons (Fsp3) is 0.600. The van der Waals surface area contributed by atoms with Crippen LogP contribution >= 0.6 is 0 Å². The molecule has 1 amide bonds. The minimum absolute atomic E-state index is 0.0772. The molecular weight excluding hydrogens is 302 g/mol. The van der Waals surface area contributed by atoms with Crippen LogP contribution in [0.5, 0.6) is 0 Å². The van der Waals surface area contributed by atoms with Crippen molar-refractivity contribution in [2.75, 3.05) is 13.1 Å². The van der Waals surface area contributed by atoms with E-state index < -0.39 is 0 Å². The van der Waals surface area contributed by atoms with Crippen molar-refractivity contribution >= 4 is 11.9 Å². The van der Waals surface area contributed by atoms with Crippen LogP contribution in [0.25, 0.3) is 0 Å². The first-order valence-electron chi connectivity index (χ1n) is 9.05. The lowest BCUT2D eigenvalue weighted by Gasteiger charge is -2.35. The molecule has 0 unspecified atom stereocenters. The largest absolute Gasteiger partial charge is 0.463 e. The van der Waals surface area contributed by atoms with Gasteiger partial charge in [-0.2, -0.15) is 0 Å². The zero-order valence-corrected chi connectivity index (χ0v) is 14.7. The van der Waals surface area contributed by atoms with Crippen molar-refractivity contribution in [1.82, 2.24) is 4.90 Å². The summed E-state index contributed by atoms with van der Waals surface area (Å²) in [5.74, 6) is 0.324. The van der Waals surface area contributed by atoms with Crippen LogP contribution < -0.4 is 0 Å². The van der Waals surface area contributed by atoms with E-state index in [1.165, 1.54) is 0 Å². The maximum atomic E-state index is 13.1. The Balaban J connectivity index is 1.63. The Morgan fingerprint density at radius 1 is 1.25 bits per heavy atom. The molecule has 1 aliphatic heterocycles. The van der Waals surface area contributed by atoms with E-state index >= 15 is 0 Å². The number of ether oxygens (including phenoxy) is 1. The average molecular weight is 329 g/mol. The van der Waals surface area contributed by atoms with Gasteiger partial charge in [0.05, 0.1) is 17.9 Å². The molecular formula is C20H27NO3. The molecule has 4 heteroatoms. The Morgan fingerprint density at radius 3 is 2.58 bits per heavy atom. The van der Waals surface area contributed by atoms with E-state index in [-0.39, 0.29) is 29.3 Å². The molecule has 0 radical (unpaired) electrons. The predicted octanol–water partition coefficient (Wildman–Crippen LogP) is 3.30. The SMILES string of the molecule is CC(C)OC(=O)C[C@H]1CCCN(C(=O)C2(c3ccccc3)CC2)C1. The topological polar surface area (TPSA) is 46.6 Å². The van der Waals surface area contributed by atoms with Crippen molar-refractivity contribution in [3.63, 3.8) is 0 Å². The van der Waals surface area contributed by atoms with Crippen LogP contribution in [0.4, 0.5) is 0 Å². The lowest BCUT2D eigenvalue weighted by molar-refractivity contribution is -0.150. The molecule has 1 saturated heterocycles. The molecule has 0 aromatic heterocycles. The quantitative estimate of drug-likeness (QED) is 0.779. The summed E-state index contributed by atoms with van der Waals surface area (Å²) >= 11 is 0. The van der Waals surface area contributed by atoms with Crippen molar-refractivity contribution < 1.29 is 14.3 Å².